The van der Waals surface area contributed by atoms with Gasteiger partial charge in [0, 0.05) is 26.2 Å². The van der Waals surface area contributed by atoms with Gasteiger partial charge in [0.2, 0.25) is 5.91 Å². The molecule has 1 fully saturated rings. The van der Waals surface area contributed by atoms with Crippen molar-refractivity contribution in [2.75, 3.05) is 33.9 Å². The topological polar surface area (TPSA) is 42.0 Å². The Morgan fingerprint density at radius 3 is 2.48 bits per heavy atom. The van der Waals surface area contributed by atoms with Crippen molar-refractivity contribution in [2.45, 2.75) is 32.4 Å². The fraction of sp³-hybridized carbons (Fsp3) is 0.458. The van der Waals surface area contributed by atoms with Crippen molar-refractivity contribution in [1.82, 2.24) is 9.80 Å². The SMILES string of the molecule is COc1cc2c(cc1OC)CN(C(=O)[C@@H]1CCCN(Cc3ccccc3)C1)CC2. The molecule has 0 spiro atoms. The van der Waals surface area contributed by atoms with Crippen molar-refractivity contribution < 1.29 is 14.3 Å². The van der Waals surface area contributed by atoms with Crippen LogP contribution in [0.1, 0.15) is 29.5 Å². The highest BCUT2D eigenvalue weighted by Crippen LogP contribution is 2.34. The number of fused-ring (bicyclic) bond motifs is 1. The monoisotopic (exact) mass is 394 g/mol. The highest BCUT2D eigenvalue weighted by atomic mass is 16.5. The molecule has 0 unspecified atom stereocenters. The lowest BCUT2D eigenvalue weighted by molar-refractivity contribution is -0.138. The quantitative estimate of drug-likeness (QED) is 0.778. The van der Waals surface area contributed by atoms with Crippen molar-refractivity contribution in [1.29, 1.82) is 0 Å². The predicted octanol–water partition coefficient (Wildman–Crippen LogP) is 3.50. The number of carbonyl (C=O) groups is 1. The van der Waals surface area contributed by atoms with Gasteiger partial charge in [0.1, 0.15) is 0 Å². The Labute approximate surface area is 173 Å². The van der Waals surface area contributed by atoms with Crippen LogP contribution in [0.15, 0.2) is 42.5 Å². The van der Waals surface area contributed by atoms with Crippen molar-refractivity contribution in [3.05, 3.63) is 59.2 Å². The molecule has 0 aromatic heterocycles. The number of methoxy groups -OCH3 is 2. The van der Waals surface area contributed by atoms with Gasteiger partial charge in [0.25, 0.3) is 0 Å². The first-order chi connectivity index (χ1) is 14.2. The second-order valence-corrected chi connectivity index (χ2v) is 8.05. The van der Waals surface area contributed by atoms with Gasteiger partial charge < -0.3 is 14.4 Å². The number of piperidine rings is 1. The van der Waals surface area contributed by atoms with Crippen molar-refractivity contribution in [3.63, 3.8) is 0 Å². The van der Waals surface area contributed by atoms with Crippen molar-refractivity contribution in [2.24, 2.45) is 5.92 Å². The third kappa shape index (κ3) is 4.40. The largest absolute Gasteiger partial charge is 0.493 e. The van der Waals surface area contributed by atoms with Crippen LogP contribution in [-0.4, -0.2) is 49.6 Å². The molecule has 5 nitrogen and oxygen atoms in total. The van der Waals surface area contributed by atoms with Gasteiger partial charge in [-0.2, -0.15) is 0 Å². The maximum atomic E-state index is 13.3. The van der Waals surface area contributed by atoms with Crippen LogP contribution in [0.5, 0.6) is 11.5 Å². The fourth-order valence-corrected chi connectivity index (χ4v) is 4.57. The molecule has 0 saturated carbocycles. The van der Waals surface area contributed by atoms with E-state index in [1.165, 1.54) is 16.7 Å². The molecular formula is C24H30N2O3. The number of ether oxygens (including phenoxy) is 2. The number of benzene rings is 2. The molecule has 5 heteroatoms. The molecule has 1 amide bonds. The average molecular weight is 395 g/mol. The summed E-state index contributed by atoms with van der Waals surface area (Å²) in [5.41, 5.74) is 3.73. The highest BCUT2D eigenvalue weighted by molar-refractivity contribution is 5.79. The van der Waals surface area contributed by atoms with Gasteiger partial charge in [-0.3, -0.25) is 9.69 Å². The van der Waals surface area contributed by atoms with Crippen LogP contribution in [0.4, 0.5) is 0 Å². The normalized spacial score (nSPS) is 19.5. The van der Waals surface area contributed by atoms with Crippen LogP contribution in [-0.2, 0) is 24.3 Å². The number of amides is 1. The summed E-state index contributed by atoms with van der Waals surface area (Å²) in [5.74, 6) is 1.87. The van der Waals surface area contributed by atoms with Gasteiger partial charge in [-0.05, 0) is 54.6 Å². The van der Waals surface area contributed by atoms with E-state index >= 15 is 0 Å². The maximum absolute atomic E-state index is 13.3. The predicted molar refractivity (Wildman–Crippen MR) is 113 cm³/mol. The van der Waals surface area contributed by atoms with Crippen LogP contribution in [0, 0.1) is 5.92 Å². The molecule has 0 radical (unpaired) electrons. The Morgan fingerprint density at radius 2 is 1.76 bits per heavy atom. The van der Waals surface area contributed by atoms with E-state index in [4.69, 9.17) is 9.47 Å². The van der Waals surface area contributed by atoms with Crippen LogP contribution >= 0.6 is 0 Å². The zero-order valence-corrected chi connectivity index (χ0v) is 17.4. The molecular weight excluding hydrogens is 364 g/mol. The first-order valence-corrected chi connectivity index (χ1v) is 10.5. The third-order valence-electron chi connectivity index (χ3n) is 6.13. The number of hydrogen-bond acceptors (Lipinski definition) is 4. The summed E-state index contributed by atoms with van der Waals surface area (Å²) in [6.45, 7) is 4.27. The molecule has 2 heterocycles. The highest BCUT2D eigenvalue weighted by Gasteiger charge is 2.31. The Balaban J connectivity index is 1.42. The lowest BCUT2D eigenvalue weighted by atomic mass is 9.93. The molecule has 2 aliphatic heterocycles. The zero-order valence-electron chi connectivity index (χ0n) is 17.4. The molecule has 0 N–H and O–H groups in total. The zero-order chi connectivity index (χ0) is 20.2. The molecule has 0 bridgehead atoms. The van der Waals surface area contributed by atoms with Crippen LogP contribution in [0.2, 0.25) is 0 Å². The number of rotatable bonds is 5. The van der Waals surface area contributed by atoms with Gasteiger partial charge in [-0.25, -0.2) is 0 Å². The minimum atomic E-state index is 0.0918. The minimum Gasteiger partial charge on any atom is -0.493 e. The summed E-state index contributed by atoms with van der Waals surface area (Å²) >= 11 is 0. The molecule has 1 saturated heterocycles. The molecule has 29 heavy (non-hydrogen) atoms. The first-order valence-electron chi connectivity index (χ1n) is 10.5. The Hall–Kier alpha value is -2.53. The second-order valence-electron chi connectivity index (χ2n) is 8.05. The molecule has 2 aliphatic rings. The van der Waals surface area contributed by atoms with Gasteiger partial charge in [-0.15, -0.1) is 0 Å². The first kappa shape index (κ1) is 19.8. The van der Waals surface area contributed by atoms with Crippen LogP contribution in [0.25, 0.3) is 0 Å². The van der Waals surface area contributed by atoms with Gasteiger partial charge >= 0.3 is 0 Å². The van der Waals surface area contributed by atoms with E-state index in [2.05, 4.69) is 35.2 Å². The Bertz CT molecular complexity index is 853. The van der Waals surface area contributed by atoms with Crippen LogP contribution in [0.3, 0.4) is 0 Å². The molecule has 2 aromatic carbocycles. The van der Waals surface area contributed by atoms with E-state index in [-0.39, 0.29) is 5.92 Å². The number of carbonyl (C=O) groups excluding carboxylic acids is 1. The Morgan fingerprint density at radius 1 is 1.03 bits per heavy atom. The van der Waals surface area contributed by atoms with E-state index in [9.17, 15) is 4.79 Å². The summed E-state index contributed by atoms with van der Waals surface area (Å²) in [5, 5.41) is 0. The summed E-state index contributed by atoms with van der Waals surface area (Å²) in [4.78, 5) is 17.7. The molecule has 154 valence electrons. The molecule has 1 atom stereocenters. The van der Waals surface area contributed by atoms with Gasteiger partial charge in [0.05, 0.1) is 20.1 Å². The number of nitrogens with zero attached hydrogens (tertiary/aromatic N) is 2. The van der Waals surface area contributed by atoms with E-state index in [0.717, 1.165) is 56.9 Å². The van der Waals surface area contributed by atoms with E-state index in [0.29, 0.717) is 12.5 Å². The number of likely N-dealkylation sites (tertiary alicyclic amines) is 1. The second kappa shape index (κ2) is 8.87. The van der Waals surface area contributed by atoms with E-state index < -0.39 is 0 Å². The molecule has 0 aliphatic carbocycles. The van der Waals surface area contributed by atoms with Crippen LogP contribution < -0.4 is 9.47 Å². The summed E-state index contributed by atoms with van der Waals surface area (Å²) < 4.78 is 10.9. The fourth-order valence-electron chi connectivity index (χ4n) is 4.57. The van der Waals surface area contributed by atoms with Crippen molar-refractivity contribution >= 4 is 5.91 Å². The Kier molecular flexibility index (Phi) is 6.05. The van der Waals surface area contributed by atoms with Gasteiger partial charge in [-0.1, -0.05) is 30.3 Å². The summed E-state index contributed by atoms with van der Waals surface area (Å²) in [7, 11) is 3.31. The van der Waals surface area contributed by atoms with E-state index in [1.54, 1.807) is 14.2 Å². The standard InChI is InChI=1S/C24H30N2O3/c1-28-22-13-19-10-12-26(17-21(19)14-23(22)29-2)24(27)20-9-6-11-25(16-20)15-18-7-4-3-5-8-18/h3-5,7-8,13-14,20H,6,9-12,15-17H2,1-2H3/t20-/m1/s1. The lowest BCUT2D eigenvalue weighted by Gasteiger charge is -2.37. The minimum absolute atomic E-state index is 0.0918. The summed E-state index contributed by atoms with van der Waals surface area (Å²) in [6.07, 6.45) is 2.93. The third-order valence-corrected chi connectivity index (χ3v) is 6.13. The van der Waals surface area contributed by atoms with E-state index in [1.807, 2.05) is 17.0 Å². The smallest absolute Gasteiger partial charge is 0.227 e. The molecule has 2 aromatic rings. The number of hydrogen-bond donors (Lipinski definition) is 0. The lowest BCUT2D eigenvalue weighted by Crippen LogP contribution is -2.46. The summed E-state index contributed by atoms with van der Waals surface area (Å²) in [6, 6.07) is 14.6. The maximum Gasteiger partial charge on any atom is 0.227 e. The molecule has 4 rings (SSSR count). The van der Waals surface area contributed by atoms with Gasteiger partial charge in [0.15, 0.2) is 11.5 Å². The van der Waals surface area contributed by atoms with Crippen molar-refractivity contribution in [3.8, 4) is 11.5 Å². The average Bonchev–Trinajstić information content (AvgIpc) is 2.78.